The molecule has 1 aromatic rings. The van der Waals surface area contributed by atoms with E-state index in [0.29, 0.717) is 6.04 Å². The van der Waals surface area contributed by atoms with Gasteiger partial charge in [-0.25, -0.2) is 0 Å². The first kappa shape index (κ1) is 16.0. The van der Waals surface area contributed by atoms with Crippen molar-refractivity contribution < 1.29 is 4.79 Å². The van der Waals surface area contributed by atoms with E-state index in [2.05, 4.69) is 50.0 Å². The Kier molecular flexibility index (Phi) is 5.40. The van der Waals surface area contributed by atoms with Crippen LogP contribution in [0.5, 0.6) is 0 Å². The van der Waals surface area contributed by atoms with Crippen molar-refractivity contribution in [3.8, 4) is 0 Å². The largest absolute Gasteiger partial charge is 0.324 e. The number of anilines is 1. The zero-order valence-corrected chi connectivity index (χ0v) is 13.8. The van der Waals surface area contributed by atoms with E-state index in [0.717, 1.165) is 42.6 Å². The molecule has 1 amide bonds. The Morgan fingerprint density at radius 2 is 1.95 bits per heavy atom. The van der Waals surface area contributed by atoms with Crippen molar-refractivity contribution in [1.82, 2.24) is 4.90 Å². The van der Waals surface area contributed by atoms with E-state index in [9.17, 15) is 4.79 Å². The number of rotatable bonds is 4. The minimum absolute atomic E-state index is 0.0210. The maximum absolute atomic E-state index is 12.7. The van der Waals surface area contributed by atoms with Crippen molar-refractivity contribution in [2.45, 2.75) is 65.5 Å². The van der Waals surface area contributed by atoms with E-state index in [1.807, 2.05) is 6.07 Å². The van der Waals surface area contributed by atoms with Crippen LogP contribution in [0.3, 0.4) is 0 Å². The summed E-state index contributed by atoms with van der Waals surface area (Å²) in [6.45, 7) is 9.54. The number of piperidine rings is 1. The molecule has 0 bridgehead atoms. The van der Waals surface area contributed by atoms with Crippen molar-refractivity contribution >= 4 is 11.6 Å². The number of benzene rings is 1. The number of carbonyl (C=O) groups is 1. The fraction of sp³-hybridized carbons (Fsp3) is 0.611. The molecule has 1 heterocycles. The summed E-state index contributed by atoms with van der Waals surface area (Å²) in [6, 6.07) is 6.67. The van der Waals surface area contributed by atoms with Gasteiger partial charge in [-0.15, -0.1) is 0 Å². The lowest BCUT2D eigenvalue weighted by molar-refractivity contribution is -0.123. The highest BCUT2D eigenvalue weighted by Crippen LogP contribution is 2.26. The summed E-state index contributed by atoms with van der Waals surface area (Å²) >= 11 is 0. The number of para-hydroxylation sites is 1. The SMILES string of the molecule is CCCN1C(C)CCCC1C(=O)Nc1c(C)cccc1C. The molecule has 1 fully saturated rings. The van der Waals surface area contributed by atoms with E-state index in [-0.39, 0.29) is 11.9 Å². The number of nitrogens with zero attached hydrogens (tertiary/aromatic N) is 1. The van der Waals surface area contributed by atoms with E-state index >= 15 is 0 Å². The highest BCUT2D eigenvalue weighted by Gasteiger charge is 2.32. The molecular weight excluding hydrogens is 260 g/mol. The van der Waals surface area contributed by atoms with Crippen molar-refractivity contribution in [2.75, 3.05) is 11.9 Å². The Morgan fingerprint density at radius 3 is 2.57 bits per heavy atom. The molecule has 1 saturated heterocycles. The van der Waals surface area contributed by atoms with Gasteiger partial charge in [0, 0.05) is 11.7 Å². The third kappa shape index (κ3) is 3.65. The van der Waals surface area contributed by atoms with Crippen LogP contribution in [0.25, 0.3) is 0 Å². The number of aryl methyl sites for hydroxylation is 2. The lowest BCUT2D eigenvalue weighted by Gasteiger charge is -2.39. The molecule has 116 valence electrons. The molecule has 3 heteroatoms. The lowest BCUT2D eigenvalue weighted by Crippen LogP contribution is -2.51. The molecule has 2 atom stereocenters. The van der Waals surface area contributed by atoms with Gasteiger partial charge in [0.15, 0.2) is 0 Å². The normalized spacial score (nSPS) is 23.0. The second-order valence-corrected chi connectivity index (χ2v) is 6.29. The van der Waals surface area contributed by atoms with Crippen LogP contribution in [0, 0.1) is 13.8 Å². The molecule has 0 aliphatic carbocycles. The Morgan fingerprint density at radius 1 is 1.29 bits per heavy atom. The van der Waals surface area contributed by atoms with Crippen molar-refractivity contribution in [3.63, 3.8) is 0 Å². The summed E-state index contributed by atoms with van der Waals surface area (Å²) in [4.78, 5) is 15.1. The van der Waals surface area contributed by atoms with Crippen LogP contribution >= 0.6 is 0 Å². The number of amides is 1. The third-order valence-corrected chi connectivity index (χ3v) is 4.58. The van der Waals surface area contributed by atoms with Crippen LogP contribution < -0.4 is 5.32 Å². The zero-order valence-electron chi connectivity index (χ0n) is 13.8. The number of carbonyl (C=O) groups excluding carboxylic acids is 1. The first-order chi connectivity index (χ1) is 10.0. The summed E-state index contributed by atoms with van der Waals surface area (Å²) in [5, 5.41) is 3.18. The van der Waals surface area contributed by atoms with Gasteiger partial charge in [-0.2, -0.15) is 0 Å². The molecule has 21 heavy (non-hydrogen) atoms. The van der Waals surface area contributed by atoms with Gasteiger partial charge in [-0.3, -0.25) is 9.69 Å². The minimum atomic E-state index is 0.0210. The molecule has 0 spiro atoms. The standard InChI is InChI=1S/C18H28N2O/c1-5-12-20-15(4)10-7-11-16(20)18(21)19-17-13(2)8-6-9-14(17)3/h6,8-9,15-16H,5,7,10-12H2,1-4H3,(H,19,21). The summed E-state index contributed by atoms with van der Waals surface area (Å²) in [5.41, 5.74) is 3.25. The second-order valence-electron chi connectivity index (χ2n) is 6.29. The van der Waals surface area contributed by atoms with Crippen molar-refractivity contribution in [2.24, 2.45) is 0 Å². The first-order valence-electron chi connectivity index (χ1n) is 8.17. The summed E-state index contributed by atoms with van der Waals surface area (Å²) in [7, 11) is 0. The van der Waals surface area contributed by atoms with Crippen LogP contribution in [-0.4, -0.2) is 29.4 Å². The topological polar surface area (TPSA) is 32.3 Å². The second kappa shape index (κ2) is 7.08. The molecule has 0 radical (unpaired) electrons. The molecule has 1 aliphatic rings. The quantitative estimate of drug-likeness (QED) is 0.911. The highest BCUT2D eigenvalue weighted by molar-refractivity contribution is 5.96. The van der Waals surface area contributed by atoms with Gasteiger partial charge in [0.05, 0.1) is 6.04 Å². The summed E-state index contributed by atoms with van der Waals surface area (Å²) < 4.78 is 0. The fourth-order valence-electron chi connectivity index (χ4n) is 3.38. The van der Waals surface area contributed by atoms with E-state index in [4.69, 9.17) is 0 Å². The molecule has 2 unspecified atom stereocenters. The van der Waals surface area contributed by atoms with Gasteiger partial charge in [0.1, 0.15) is 0 Å². The summed E-state index contributed by atoms with van der Waals surface area (Å²) in [5.74, 6) is 0.160. The van der Waals surface area contributed by atoms with E-state index in [1.165, 1.54) is 6.42 Å². The summed E-state index contributed by atoms with van der Waals surface area (Å²) in [6.07, 6.45) is 4.41. The van der Waals surface area contributed by atoms with Crippen LogP contribution in [-0.2, 0) is 4.79 Å². The third-order valence-electron chi connectivity index (χ3n) is 4.58. The van der Waals surface area contributed by atoms with Gasteiger partial charge in [-0.1, -0.05) is 25.1 Å². The molecule has 2 rings (SSSR count). The van der Waals surface area contributed by atoms with Crippen LogP contribution in [0.2, 0.25) is 0 Å². The smallest absolute Gasteiger partial charge is 0.241 e. The average Bonchev–Trinajstić information content (AvgIpc) is 2.45. The lowest BCUT2D eigenvalue weighted by atomic mass is 9.95. The molecular formula is C18H28N2O. The van der Waals surface area contributed by atoms with Gasteiger partial charge >= 0.3 is 0 Å². The number of hydrogen-bond acceptors (Lipinski definition) is 2. The van der Waals surface area contributed by atoms with Gasteiger partial charge in [-0.05, 0) is 64.1 Å². The van der Waals surface area contributed by atoms with Crippen molar-refractivity contribution in [1.29, 1.82) is 0 Å². The maximum Gasteiger partial charge on any atom is 0.241 e. The Balaban J connectivity index is 2.14. The number of hydrogen-bond donors (Lipinski definition) is 1. The van der Waals surface area contributed by atoms with Crippen molar-refractivity contribution in [3.05, 3.63) is 29.3 Å². The Labute approximate surface area is 128 Å². The van der Waals surface area contributed by atoms with Crippen LogP contribution in [0.4, 0.5) is 5.69 Å². The molecule has 0 aromatic heterocycles. The average molecular weight is 288 g/mol. The molecule has 1 aliphatic heterocycles. The monoisotopic (exact) mass is 288 g/mol. The van der Waals surface area contributed by atoms with Gasteiger partial charge in [0.25, 0.3) is 0 Å². The van der Waals surface area contributed by atoms with E-state index < -0.39 is 0 Å². The fourth-order valence-corrected chi connectivity index (χ4v) is 3.38. The molecule has 0 saturated carbocycles. The van der Waals surface area contributed by atoms with Gasteiger partial charge in [0.2, 0.25) is 5.91 Å². The molecule has 3 nitrogen and oxygen atoms in total. The minimum Gasteiger partial charge on any atom is -0.324 e. The van der Waals surface area contributed by atoms with Crippen LogP contribution in [0.1, 0.15) is 50.7 Å². The predicted octanol–water partition coefficient (Wildman–Crippen LogP) is 3.89. The van der Waals surface area contributed by atoms with E-state index in [1.54, 1.807) is 0 Å². The van der Waals surface area contributed by atoms with Crippen LogP contribution in [0.15, 0.2) is 18.2 Å². The molecule has 1 aromatic carbocycles. The first-order valence-corrected chi connectivity index (χ1v) is 8.17. The number of nitrogens with one attached hydrogen (secondary N) is 1. The molecule has 1 N–H and O–H groups in total. The predicted molar refractivity (Wildman–Crippen MR) is 88.6 cm³/mol. The zero-order chi connectivity index (χ0) is 15.4. The Bertz CT molecular complexity index is 478. The maximum atomic E-state index is 12.7. The highest BCUT2D eigenvalue weighted by atomic mass is 16.2. The van der Waals surface area contributed by atoms with Gasteiger partial charge < -0.3 is 5.32 Å². The Hall–Kier alpha value is -1.35. The number of likely N-dealkylation sites (tertiary alicyclic amines) is 1.